The molecule has 1 fully saturated rings. The molecule has 3 nitrogen and oxygen atoms in total. The molecular weight excluding hydrogens is 176 g/mol. The first kappa shape index (κ1) is 10.5. The van der Waals surface area contributed by atoms with Crippen molar-refractivity contribution in [2.24, 2.45) is 5.92 Å². The normalized spacial score (nSPS) is 17.5. The van der Waals surface area contributed by atoms with Crippen LogP contribution in [0.5, 0.6) is 0 Å². The first-order valence-electron chi connectivity index (χ1n) is 4.73. The second-order valence-corrected chi connectivity index (χ2v) is 3.31. The summed E-state index contributed by atoms with van der Waals surface area (Å²) >= 11 is 0. The summed E-state index contributed by atoms with van der Waals surface area (Å²) in [6.45, 7) is 1.93. The lowest BCUT2D eigenvalue weighted by molar-refractivity contribution is -0.116. The molecule has 0 aromatic heterocycles. The van der Waals surface area contributed by atoms with Gasteiger partial charge in [-0.3, -0.25) is 4.79 Å². The van der Waals surface area contributed by atoms with Gasteiger partial charge in [0, 0.05) is 7.05 Å². The lowest BCUT2D eigenvalue weighted by atomic mass is 10.1. The van der Waals surface area contributed by atoms with Crippen molar-refractivity contribution in [3.8, 4) is 6.07 Å². The first-order valence-corrected chi connectivity index (χ1v) is 4.73. The second kappa shape index (κ2) is 4.61. The van der Waals surface area contributed by atoms with Crippen molar-refractivity contribution in [2.45, 2.75) is 19.8 Å². The fraction of sp³-hybridized carbons (Fsp3) is 0.455. The highest BCUT2D eigenvalue weighted by atomic mass is 16.1. The van der Waals surface area contributed by atoms with Gasteiger partial charge in [0.05, 0.1) is 0 Å². The maximum absolute atomic E-state index is 11.2. The third-order valence-electron chi connectivity index (χ3n) is 2.29. The summed E-state index contributed by atoms with van der Waals surface area (Å²) < 4.78 is 0. The average molecular weight is 190 g/mol. The van der Waals surface area contributed by atoms with Crippen LogP contribution in [0.2, 0.25) is 0 Å². The van der Waals surface area contributed by atoms with Crippen LogP contribution in [0.25, 0.3) is 0 Å². The molecule has 0 atom stereocenters. The number of hydrogen-bond acceptors (Lipinski definition) is 2. The molecule has 0 unspecified atom stereocenters. The molecule has 0 aromatic carbocycles. The molecule has 0 spiro atoms. The maximum atomic E-state index is 11.2. The summed E-state index contributed by atoms with van der Waals surface area (Å²) in [7, 11) is 1.53. The standard InChI is InChI=1S/C11H14N2O/c1-3-8(9-4-5-9)6-10(7-12)11(14)13-2/h3,6,9H,4-5H2,1-2H3,(H,13,14)/b8-3-,10-6-. The Labute approximate surface area is 84.1 Å². The number of nitrogens with one attached hydrogen (secondary N) is 1. The molecule has 0 aliphatic heterocycles. The zero-order valence-electron chi connectivity index (χ0n) is 8.50. The van der Waals surface area contributed by atoms with Crippen LogP contribution in [-0.2, 0) is 4.79 Å². The molecule has 1 saturated carbocycles. The highest BCUT2D eigenvalue weighted by molar-refractivity contribution is 5.97. The summed E-state index contributed by atoms with van der Waals surface area (Å²) in [5.41, 5.74) is 1.29. The third-order valence-corrected chi connectivity index (χ3v) is 2.29. The van der Waals surface area contributed by atoms with Crippen LogP contribution in [0.1, 0.15) is 19.8 Å². The quantitative estimate of drug-likeness (QED) is 0.417. The van der Waals surface area contributed by atoms with E-state index >= 15 is 0 Å². The average Bonchev–Trinajstić information content (AvgIpc) is 3.02. The smallest absolute Gasteiger partial charge is 0.261 e. The highest BCUT2D eigenvalue weighted by Gasteiger charge is 2.24. The molecule has 1 N–H and O–H groups in total. The van der Waals surface area contributed by atoms with Gasteiger partial charge in [-0.25, -0.2) is 0 Å². The summed E-state index contributed by atoms with van der Waals surface area (Å²) in [5.74, 6) is 0.250. The zero-order chi connectivity index (χ0) is 10.6. The number of allylic oxidation sites excluding steroid dienone is 3. The maximum Gasteiger partial charge on any atom is 0.261 e. The van der Waals surface area contributed by atoms with Crippen molar-refractivity contribution in [2.75, 3.05) is 7.05 Å². The summed E-state index contributed by atoms with van der Waals surface area (Å²) in [4.78, 5) is 11.2. The first-order chi connectivity index (χ1) is 6.72. The van der Waals surface area contributed by atoms with E-state index in [0.29, 0.717) is 5.92 Å². The van der Waals surface area contributed by atoms with Gasteiger partial charge in [0.2, 0.25) is 0 Å². The predicted molar refractivity (Wildman–Crippen MR) is 54.2 cm³/mol. The van der Waals surface area contributed by atoms with Crippen molar-refractivity contribution in [3.63, 3.8) is 0 Å². The van der Waals surface area contributed by atoms with Crippen molar-refractivity contribution in [1.82, 2.24) is 5.32 Å². The minimum Gasteiger partial charge on any atom is -0.354 e. The SMILES string of the molecule is C/C=C(/C=C(/C#N)C(=O)NC)C1CC1. The molecule has 14 heavy (non-hydrogen) atoms. The van der Waals surface area contributed by atoms with Gasteiger partial charge in [-0.15, -0.1) is 0 Å². The number of carbonyl (C=O) groups is 1. The van der Waals surface area contributed by atoms with E-state index in [2.05, 4.69) is 5.32 Å². The molecule has 0 radical (unpaired) electrons. The molecule has 0 saturated heterocycles. The number of likely N-dealkylation sites (N-methyl/N-ethyl adjacent to an activating group) is 1. The number of rotatable bonds is 3. The van der Waals surface area contributed by atoms with Crippen LogP contribution in [0.3, 0.4) is 0 Å². The van der Waals surface area contributed by atoms with E-state index in [1.807, 2.05) is 19.1 Å². The molecule has 0 bridgehead atoms. The minimum atomic E-state index is -0.312. The van der Waals surface area contributed by atoms with E-state index < -0.39 is 0 Å². The Morgan fingerprint density at radius 2 is 2.21 bits per heavy atom. The van der Waals surface area contributed by atoms with Gasteiger partial charge in [-0.1, -0.05) is 6.08 Å². The Bertz CT molecular complexity index is 330. The van der Waals surface area contributed by atoms with Gasteiger partial charge in [0.1, 0.15) is 11.6 Å². The second-order valence-electron chi connectivity index (χ2n) is 3.31. The van der Waals surface area contributed by atoms with E-state index in [-0.39, 0.29) is 11.5 Å². The molecule has 0 aromatic rings. The number of carbonyl (C=O) groups excluding carboxylic acids is 1. The molecule has 1 amide bonds. The fourth-order valence-corrected chi connectivity index (χ4v) is 1.30. The highest BCUT2D eigenvalue weighted by Crippen LogP contribution is 2.37. The fourth-order valence-electron chi connectivity index (χ4n) is 1.30. The van der Waals surface area contributed by atoms with Crippen LogP contribution < -0.4 is 5.32 Å². The van der Waals surface area contributed by atoms with Crippen LogP contribution in [-0.4, -0.2) is 13.0 Å². The van der Waals surface area contributed by atoms with Crippen molar-refractivity contribution in [3.05, 3.63) is 23.3 Å². The predicted octanol–water partition coefficient (Wildman–Crippen LogP) is 1.54. The molecule has 74 valence electrons. The van der Waals surface area contributed by atoms with Gasteiger partial charge in [0.25, 0.3) is 5.91 Å². The minimum absolute atomic E-state index is 0.188. The molecule has 1 aliphatic rings. The largest absolute Gasteiger partial charge is 0.354 e. The van der Waals surface area contributed by atoms with Gasteiger partial charge in [-0.05, 0) is 37.3 Å². The Morgan fingerprint density at radius 3 is 2.57 bits per heavy atom. The number of nitriles is 1. The van der Waals surface area contributed by atoms with Gasteiger partial charge in [-0.2, -0.15) is 5.26 Å². The lowest BCUT2D eigenvalue weighted by Gasteiger charge is -1.99. The van der Waals surface area contributed by atoms with E-state index in [1.165, 1.54) is 19.9 Å². The van der Waals surface area contributed by atoms with Crippen molar-refractivity contribution in [1.29, 1.82) is 5.26 Å². The third kappa shape index (κ3) is 2.46. The monoisotopic (exact) mass is 190 g/mol. The van der Waals surface area contributed by atoms with Gasteiger partial charge in [0.15, 0.2) is 0 Å². The number of amides is 1. The summed E-state index contributed by atoms with van der Waals surface area (Å²) in [6, 6.07) is 1.91. The molecule has 0 heterocycles. The van der Waals surface area contributed by atoms with Crippen LogP contribution in [0.15, 0.2) is 23.3 Å². The lowest BCUT2D eigenvalue weighted by Crippen LogP contribution is -2.19. The van der Waals surface area contributed by atoms with Gasteiger partial charge < -0.3 is 5.32 Å². The van der Waals surface area contributed by atoms with E-state index in [0.717, 1.165) is 5.57 Å². The molecule has 1 rings (SSSR count). The van der Waals surface area contributed by atoms with Crippen LogP contribution in [0.4, 0.5) is 0 Å². The summed E-state index contributed by atoms with van der Waals surface area (Å²) in [6.07, 6.45) is 6.00. The molecular formula is C11H14N2O. The van der Waals surface area contributed by atoms with Crippen LogP contribution >= 0.6 is 0 Å². The molecule has 1 aliphatic carbocycles. The van der Waals surface area contributed by atoms with E-state index in [4.69, 9.17) is 5.26 Å². The Morgan fingerprint density at radius 1 is 1.57 bits per heavy atom. The Balaban J connectivity index is 2.82. The topological polar surface area (TPSA) is 52.9 Å². The van der Waals surface area contributed by atoms with Gasteiger partial charge >= 0.3 is 0 Å². The van der Waals surface area contributed by atoms with Crippen molar-refractivity contribution >= 4 is 5.91 Å². The number of hydrogen-bond donors (Lipinski definition) is 1. The van der Waals surface area contributed by atoms with E-state index in [1.54, 1.807) is 6.08 Å². The Hall–Kier alpha value is -1.56. The van der Waals surface area contributed by atoms with Crippen LogP contribution in [0, 0.1) is 17.2 Å². The van der Waals surface area contributed by atoms with E-state index in [9.17, 15) is 4.79 Å². The molecule has 3 heteroatoms. The Kier molecular flexibility index (Phi) is 3.47. The number of nitrogens with zero attached hydrogens (tertiary/aromatic N) is 1. The van der Waals surface area contributed by atoms with Crippen molar-refractivity contribution < 1.29 is 4.79 Å². The summed E-state index contributed by atoms with van der Waals surface area (Å²) in [5, 5.41) is 11.2. The zero-order valence-corrected chi connectivity index (χ0v) is 8.50.